The number of ether oxygens (including phenoxy) is 1. The van der Waals surface area contributed by atoms with Crippen molar-refractivity contribution in [3.63, 3.8) is 0 Å². The molecule has 0 aliphatic rings. The summed E-state index contributed by atoms with van der Waals surface area (Å²) in [7, 11) is 0. The Morgan fingerprint density at radius 3 is 2.14 bits per heavy atom. The summed E-state index contributed by atoms with van der Waals surface area (Å²) in [5.41, 5.74) is 1.88. The molecule has 14 heavy (non-hydrogen) atoms. The molecule has 1 aromatic rings. The molecule has 0 unspecified atom stereocenters. The van der Waals surface area contributed by atoms with Crippen molar-refractivity contribution in [3.8, 4) is 0 Å². The maximum atomic E-state index is 11.5. The molecule has 0 aliphatic carbocycles. The highest BCUT2D eigenvalue weighted by molar-refractivity contribution is 5.88. The van der Waals surface area contributed by atoms with Crippen LogP contribution in [0.15, 0.2) is 4.42 Å². The highest BCUT2D eigenvalue weighted by Gasteiger charge is 2.19. The van der Waals surface area contributed by atoms with Crippen LogP contribution < -0.4 is 0 Å². The molecule has 0 radical (unpaired) electrons. The molecule has 0 N–H and O–H groups in total. The third-order valence-corrected chi connectivity index (χ3v) is 2.21. The van der Waals surface area contributed by atoms with Gasteiger partial charge in [-0.15, -0.1) is 0 Å². The molecule has 3 nitrogen and oxygen atoms in total. The summed E-state index contributed by atoms with van der Waals surface area (Å²) in [6.45, 7) is 9.27. The topological polar surface area (TPSA) is 39.4 Å². The normalized spacial score (nSPS) is 10.7. The third kappa shape index (κ3) is 1.97. The maximum Gasteiger partial charge on any atom is 0.374 e. The summed E-state index contributed by atoms with van der Waals surface area (Å²) < 4.78 is 10.4. The maximum absolute atomic E-state index is 11.5. The highest BCUT2D eigenvalue weighted by Crippen LogP contribution is 2.21. The van der Waals surface area contributed by atoms with Crippen LogP contribution in [0.5, 0.6) is 0 Å². The number of esters is 1. The lowest BCUT2D eigenvalue weighted by molar-refractivity contribution is 0.0339. The molecule has 0 atom stereocenters. The largest absolute Gasteiger partial charge is 0.457 e. The number of rotatable bonds is 2. The summed E-state index contributed by atoms with van der Waals surface area (Å²) in [4.78, 5) is 11.5. The minimum absolute atomic E-state index is 0.118. The number of carbonyl (C=O) groups excluding carboxylic acids is 1. The molecule has 0 spiro atoms. The van der Waals surface area contributed by atoms with Crippen LogP contribution in [0.3, 0.4) is 0 Å². The van der Waals surface area contributed by atoms with Gasteiger partial charge >= 0.3 is 5.97 Å². The third-order valence-electron chi connectivity index (χ3n) is 2.21. The predicted molar refractivity (Wildman–Crippen MR) is 53.5 cm³/mol. The van der Waals surface area contributed by atoms with E-state index in [4.69, 9.17) is 9.15 Å². The molecule has 0 fully saturated rings. The Morgan fingerprint density at radius 2 is 1.79 bits per heavy atom. The fourth-order valence-corrected chi connectivity index (χ4v) is 1.20. The summed E-state index contributed by atoms with van der Waals surface area (Å²) >= 11 is 0. The van der Waals surface area contributed by atoms with E-state index < -0.39 is 0 Å². The minimum Gasteiger partial charge on any atom is -0.457 e. The molecule has 78 valence electrons. The monoisotopic (exact) mass is 196 g/mol. The fourth-order valence-electron chi connectivity index (χ4n) is 1.20. The smallest absolute Gasteiger partial charge is 0.374 e. The standard InChI is InChI=1S/C11H16O3/c1-6(2)13-11(12)10-8(4)7(3)9(5)14-10/h6H,1-5H3. The van der Waals surface area contributed by atoms with Gasteiger partial charge in [0.05, 0.1) is 6.10 Å². The molecule has 0 saturated heterocycles. The zero-order valence-electron chi connectivity index (χ0n) is 9.30. The van der Waals surface area contributed by atoms with E-state index in [1.54, 1.807) is 0 Å². The van der Waals surface area contributed by atoms with Gasteiger partial charge in [0.25, 0.3) is 0 Å². The van der Waals surface area contributed by atoms with Crippen molar-refractivity contribution < 1.29 is 13.9 Å². The van der Waals surface area contributed by atoms with E-state index in [0.717, 1.165) is 16.9 Å². The van der Waals surface area contributed by atoms with E-state index in [2.05, 4.69) is 0 Å². The molecular formula is C11H16O3. The van der Waals surface area contributed by atoms with E-state index in [1.807, 2.05) is 34.6 Å². The molecule has 0 aromatic carbocycles. The Bertz CT molecular complexity index is 348. The minimum atomic E-state index is -0.381. The summed E-state index contributed by atoms with van der Waals surface area (Å²) in [5, 5.41) is 0. The lowest BCUT2D eigenvalue weighted by Crippen LogP contribution is -2.11. The lowest BCUT2D eigenvalue weighted by atomic mass is 10.1. The Kier molecular flexibility index (Phi) is 2.99. The van der Waals surface area contributed by atoms with Crippen LogP contribution in [-0.4, -0.2) is 12.1 Å². The zero-order chi connectivity index (χ0) is 10.9. The van der Waals surface area contributed by atoms with Crippen LogP contribution in [0, 0.1) is 20.8 Å². The Morgan fingerprint density at radius 1 is 1.21 bits per heavy atom. The van der Waals surface area contributed by atoms with E-state index in [-0.39, 0.29) is 12.1 Å². The number of carbonyl (C=O) groups is 1. The first-order valence-corrected chi connectivity index (χ1v) is 4.71. The van der Waals surface area contributed by atoms with Gasteiger partial charge in [0.15, 0.2) is 0 Å². The van der Waals surface area contributed by atoms with E-state index in [1.165, 1.54) is 0 Å². The lowest BCUT2D eigenvalue weighted by Gasteiger charge is -2.05. The van der Waals surface area contributed by atoms with Crippen molar-refractivity contribution in [2.24, 2.45) is 0 Å². The second-order valence-electron chi connectivity index (χ2n) is 3.69. The number of aryl methyl sites for hydroxylation is 1. The van der Waals surface area contributed by atoms with Crippen molar-refractivity contribution in [1.82, 2.24) is 0 Å². The molecule has 3 heteroatoms. The number of hydrogen-bond acceptors (Lipinski definition) is 3. The number of hydrogen-bond donors (Lipinski definition) is 0. The molecule has 0 aliphatic heterocycles. The van der Waals surface area contributed by atoms with E-state index >= 15 is 0 Å². The van der Waals surface area contributed by atoms with Crippen LogP contribution in [-0.2, 0) is 4.74 Å². The second kappa shape index (κ2) is 3.86. The first-order valence-electron chi connectivity index (χ1n) is 4.71. The second-order valence-corrected chi connectivity index (χ2v) is 3.69. The summed E-state index contributed by atoms with van der Waals surface area (Å²) in [5.74, 6) is 0.723. The van der Waals surface area contributed by atoms with Crippen LogP contribution in [0.25, 0.3) is 0 Å². The molecule has 1 aromatic heterocycles. The Hall–Kier alpha value is -1.25. The zero-order valence-corrected chi connectivity index (χ0v) is 9.30. The molecule has 1 rings (SSSR count). The van der Waals surface area contributed by atoms with Crippen molar-refractivity contribution in [2.45, 2.75) is 40.7 Å². The molecular weight excluding hydrogens is 180 g/mol. The fraction of sp³-hybridized carbons (Fsp3) is 0.545. The molecule has 0 amide bonds. The molecule has 0 saturated carbocycles. The Labute approximate surface area is 84.1 Å². The SMILES string of the molecule is Cc1oc(C(=O)OC(C)C)c(C)c1C. The van der Waals surface area contributed by atoms with Crippen molar-refractivity contribution in [2.75, 3.05) is 0 Å². The van der Waals surface area contributed by atoms with Crippen LogP contribution in [0.2, 0.25) is 0 Å². The van der Waals surface area contributed by atoms with Gasteiger partial charge in [0, 0.05) is 5.56 Å². The van der Waals surface area contributed by atoms with Gasteiger partial charge in [-0.05, 0) is 40.2 Å². The molecule has 0 bridgehead atoms. The average Bonchev–Trinajstić information content (AvgIpc) is 2.32. The van der Waals surface area contributed by atoms with Crippen LogP contribution in [0.4, 0.5) is 0 Å². The highest BCUT2D eigenvalue weighted by atomic mass is 16.6. The van der Waals surface area contributed by atoms with Crippen LogP contribution >= 0.6 is 0 Å². The van der Waals surface area contributed by atoms with Gasteiger partial charge in [-0.3, -0.25) is 0 Å². The van der Waals surface area contributed by atoms with Crippen molar-refractivity contribution in [1.29, 1.82) is 0 Å². The van der Waals surface area contributed by atoms with Gasteiger partial charge in [-0.2, -0.15) is 0 Å². The van der Waals surface area contributed by atoms with Crippen molar-refractivity contribution in [3.05, 3.63) is 22.6 Å². The van der Waals surface area contributed by atoms with Crippen LogP contribution in [0.1, 0.15) is 41.3 Å². The summed E-state index contributed by atoms with van der Waals surface area (Å²) in [6.07, 6.45) is -0.118. The Balaban J connectivity index is 2.96. The van der Waals surface area contributed by atoms with Gasteiger partial charge in [0.1, 0.15) is 5.76 Å². The molecule has 1 heterocycles. The van der Waals surface area contributed by atoms with Gasteiger partial charge < -0.3 is 9.15 Å². The van der Waals surface area contributed by atoms with Gasteiger partial charge in [-0.1, -0.05) is 0 Å². The average molecular weight is 196 g/mol. The van der Waals surface area contributed by atoms with E-state index in [0.29, 0.717) is 5.76 Å². The first kappa shape index (κ1) is 10.8. The van der Waals surface area contributed by atoms with E-state index in [9.17, 15) is 4.79 Å². The quantitative estimate of drug-likeness (QED) is 0.683. The van der Waals surface area contributed by atoms with Crippen molar-refractivity contribution >= 4 is 5.97 Å². The van der Waals surface area contributed by atoms with Gasteiger partial charge in [-0.25, -0.2) is 4.79 Å². The first-order chi connectivity index (χ1) is 6.43. The predicted octanol–water partition coefficient (Wildman–Crippen LogP) is 2.77. The summed E-state index contributed by atoms with van der Waals surface area (Å²) in [6, 6.07) is 0. The van der Waals surface area contributed by atoms with Gasteiger partial charge in [0.2, 0.25) is 5.76 Å². The number of furan rings is 1.